The minimum Gasteiger partial charge on any atom is -0.381 e. The van der Waals surface area contributed by atoms with E-state index in [0.717, 1.165) is 51.6 Å². The Morgan fingerprint density at radius 2 is 1.57 bits per heavy atom. The van der Waals surface area contributed by atoms with Crippen molar-refractivity contribution in [3.05, 3.63) is 113 Å². The molecule has 2 aliphatic heterocycles. The third kappa shape index (κ3) is 7.70. The minimum atomic E-state index is -0.989. The number of hydrogen-bond acceptors (Lipinski definition) is 9. The molecule has 276 valence electrons. The first-order valence-electron chi connectivity index (χ1n) is 18.4. The Bertz CT molecular complexity index is 2220. The molecule has 54 heavy (non-hydrogen) atoms. The maximum atomic E-state index is 13.0. The lowest BCUT2D eigenvalue weighted by molar-refractivity contribution is -0.136. The fourth-order valence-electron chi connectivity index (χ4n) is 7.16. The number of carbonyl (C=O) groups excluding carboxylic acids is 5. The van der Waals surface area contributed by atoms with Crippen LogP contribution in [-0.2, 0) is 22.6 Å². The standard InChI is InChI=1S/C27H22N4O5.C14H20N4/c28-24(33)18-7-5-17(6-8-18)16-3-1-15(2-4-16)14-29-19-9-10-20-21(13-19)27(36)31(26(20)35)22-11-12-23(32)30-25(22)34;1-2-5-12-10-14(16-11-6-3-4-7-11)18-13(17-12)8-9-15-18/h1-10,13,22,29H,11-12,14H2,(H2,28,33)(H,30,32,34);8-11,16H,2-7H2,1H3. The summed E-state index contributed by atoms with van der Waals surface area (Å²) < 4.78 is 1.91. The summed E-state index contributed by atoms with van der Waals surface area (Å²) in [6.07, 6.45) is 9.39. The van der Waals surface area contributed by atoms with Gasteiger partial charge in [-0.15, -0.1) is 0 Å². The predicted molar refractivity (Wildman–Crippen MR) is 204 cm³/mol. The molecule has 5 amide bonds. The van der Waals surface area contributed by atoms with E-state index in [9.17, 15) is 24.0 Å². The molecule has 5 aromatic rings. The van der Waals surface area contributed by atoms with Crippen molar-refractivity contribution in [3.8, 4) is 11.1 Å². The number of benzene rings is 3. The lowest BCUT2D eigenvalue weighted by atomic mass is 10.0. The van der Waals surface area contributed by atoms with Gasteiger partial charge in [-0.2, -0.15) is 9.61 Å². The number of carbonyl (C=O) groups is 5. The summed E-state index contributed by atoms with van der Waals surface area (Å²) in [6, 6.07) is 23.6. The lowest BCUT2D eigenvalue weighted by Crippen LogP contribution is -2.54. The molecule has 1 aliphatic carbocycles. The van der Waals surface area contributed by atoms with Crippen LogP contribution in [0.5, 0.6) is 0 Å². The average molecular weight is 727 g/mol. The molecule has 8 rings (SSSR count). The summed E-state index contributed by atoms with van der Waals surface area (Å²) >= 11 is 0. The van der Waals surface area contributed by atoms with Crippen molar-refractivity contribution < 1.29 is 24.0 Å². The van der Waals surface area contributed by atoms with E-state index in [4.69, 9.17) is 5.73 Å². The molecule has 1 saturated heterocycles. The number of nitrogens with one attached hydrogen (secondary N) is 3. The van der Waals surface area contributed by atoms with Gasteiger partial charge in [-0.3, -0.25) is 34.2 Å². The Hall–Kier alpha value is -6.37. The Morgan fingerprint density at radius 1 is 0.870 bits per heavy atom. The van der Waals surface area contributed by atoms with Crippen molar-refractivity contribution in [3.63, 3.8) is 0 Å². The van der Waals surface area contributed by atoms with Gasteiger partial charge < -0.3 is 16.4 Å². The Kier molecular flexibility index (Phi) is 10.5. The van der Waals surface area contributed by atoms with Gasteiger partial charge in [-0.1, -0.05) is 62.6 Å². The second kappa shape index (κ2) is 15.7. The van der Waals surface area contributed by atoms with Crippen LogP contribution < -0.4 is 21.7 Å². The van der Waals surface area contributed by atoms with Gasteiger partial charge in [0.15, 0.2) is 5.65 Å². The van der Waals surface area contributed by atoms with Crippen molar-refractivity contribution in [2.45, 2.75) is 76.9 Å². The van der Waals surface area contributed by atoms with E-state index < -0.39 is 35.6 Å². The summed E-state index contributed by atoms with van der Waals surface area (Å²) in [5.41, 5.74) is 11.9. The average Bonchev–Trinajstić information content (AvgIpc) is 3.93. The highest BCUT2D eigenvalue weighted by atomic mass is 16.2. The van der Waals surface area contributed by atoms with Crippen LogP contribution >= 0.6 is 0 Å². The SMILES string of the molecule is CCCc1cc(NC2CCCC2)n2nccc2n1.NC(=O)c1ccc(-c2ccc(CNc3ccc4c(c3)C(=O)N(C3CCC(=O)NC3=O)C4=O)cc2)cc1. The fraction of sp³-hybridized carbons (Fsp3) is 0.293. The van der Waals surface area contributed by atoms with Gasteiger partial charge in [0.1, 0.15) is 11.9 Å². The molecular weight excluding hydrogens is 685 g/mol. The highest BCUT2D eigenvalue weighted by Gasteiger charge is 2.44. The van der Waals surface area contributed by atoms with Crippen LogP contribution in [-0.4, -0.2) is 61.1 Å². The van der Waals surface area contributed by atoms with Crippen molar-refractivity contribution in [2.75, 3.05) is 10.6 Å². The molecule has 1 unspecified atom stereocenters. The third-order valence-electron chi connectivity index (χ3n) is 10.0. The minimum absolute atomic E-state index is 0.0775. The Labute approximate surface area is 312 Å². The summed E-state index contributed by atoms with van der Waals surface area (Å²) in [5.74, 6) is -1.49. The molecule has 4 heterocycles. The molecule has 0 radical (unpaired) electrons. The van der Waals surface area contributed by atoms with Crippen LogP contribution in [0.2, 0.25) is 0 Å². The summed E-state index contributed by atoms with van der Waals surface area (Å²) in [5, 5.41) is 13.4. The second-order valence-corrected chi connectivity index (χ2v) is 13.8. The predicted octanol–water partition coefficient (Wildman–Crippen LogP) is 5.50. The number of primary amides is 1. The lowest BCUT2D eigenvalue weighted by Gasteiger charge is -2.27. The van der Waals surface area contributed by atoms with E-state index in [1.54, 1.807) is 30.3 Å². The Morgan fingerprint density at radius 3 is 2.26 bits per heavy atom. The van der Waals surface area contributed by atoms with Crippen LogP contribution in [0.15, 0.2) is 85.1 Å². The third-order valence-corrected chi connectivity index (χ3v) is 10.0. The number of fused-ring (bicyclic) bond motifs is 2. The number of imide groups is 2. The molecule has 2 aromatic heterocycles. The van der Waals surface area contributed by atoms with Gasteiger partial charge in [0.2, 0.25) is 17.7 Å². The van der Waals surface area contributed by atoms with Crippen LogP contribution in [0.3, 0.4) is 0 Å². The van der Waals surface area contributed by atoms with Gasteiger partial charge >= 0.3 is 0 Å². The largest absolute Gasteiger partial charge is 0.381 e. The van der Waals surface area contributed by atoms with E-state index in [0.29, 0.717) is 23.8 Å². The summed E-state index contributed by atoms with van der Waals surface area (Å²) in [6.45, 7) is 2.67. The number of rotatable bonds is 10. The van der Waals surface area contributed by atoms with E-state index >= 15 is 0 Å². The molecule has 1 saturated carbocycles. The molecule has 1 atom stereocenters. The number of aryl methyl sites for hydroxylation is 1. The first-order chi connectivity index (χ1) is 26.2. The smallest absolute Gasteiger partial charge is 0.262 e. The van der Waals surface area contributed by atoms with Gasteiger partial charge in [0, 0.05) is 48.1 Å². The molecule has 0 spiro atoms. The second-order valence-electron chi connectivity index (χ2n) is 13.8. The quantitative estimate of drug-likeness (QED) is 0.135. The van der Waals surface area contributed by atoms with Crippen molar-refractivity contribution >= 4 is 46.7 Å². The maximum absolute atomic E-state index is 13.0. The van der Waals surface area contributed by atoms with Crippen LogP contribution in [0.4, 0.5) is 11.5 Å². The molecule has 13 nitrogen and oxygen atoms in total. The van der Waals surface area contributed by atoms with Gasteiger partial charge in [-0.05, 0) is 72.7 Å². The van der Waals surface area contributed by atoms with E-state index in [1.807, 2.05) is 53.2 Å². The van der Waals surface area contributed by atoms with Crippen molar-refractivity contribution in [2.24, 2.45) is 5.73 Å². The number of hydrogen-bond donors (Lipinski definition) is 4. The van der Waals surface area contributed by atoms with E-state index in [-0.39, 0.29) is 24.0 Å². The number of nitrogens with zero attached hydrogens (tertiary/aromatic N) is 4. The molecule has 2 fully saturated rings. The normalized spacial score (nSPS) is 16.9. The van der Waals surface area contributed by atoms with Crippen molar-refractivity contribution in [1.82, 2.24) is 24.8 Å². The summed E-state index contributed by atoms with van der Waals surface area (Å²) in [4.78, 5) is 66.2. The highest BCUT2D eigenvalue weighted by molar-refractivity contribution is 6.23. The zero-order chi connectivity index (χ0) is 37.8. The van der Waals surface area contributed by atoms with Gasteiger partial charge in [0.05, 0.1) is 17.3 Å². The first kappa shape index (κ1) is 36.0. The Balaban J connectivity index is 0.000000208. The van der Waals surface area contributed by atoms with Crippen LogP contribution in [0, 0.1) is 0 Å². The topological polar surface area (TPSA) is 181 Å². The van der Waals surface area contributed by atoms with Crippen LogP contribution in [0.25, 0.3) is 16.8 Å². The van der Waals surface area contributed by atoms with Crippen molar-refractivity contribution in [1.29, 1.82) is 0 Å². The van der Waals surface area contributed by atoms with Gasteiger partial charge in [0.25, 0.3) is 11.8 Å². The monoisotopic (exact) mass is 726 g/mol. The number of nitrogens with two attached hydrogens (primary N) is 1. The molecule has 3 aromatic carbocycles. The van der Waals surface area contributed by atoms with E-state index in [1.165, 1.54) is 25.7 Å². The first-order valence-corrected chi connectivity index (χ1v) is 18.4. The molecule has 0 bridgehead atoms. The zero-order valence-electron chi connectivity index (χ0n) is 30.0. The molecule has 3 aliphatic rings. The van der Waals surface area contributed by atoms with Crippen LogP contribution in [0.1, 0.15) is 94.2 Å². The van der Waals surface area contributed by atoms with E-state index in [2.05, 4.69) is 39.0 Å². The molecule has 13 heteroatoms. The fourth-order valence-corrected chi connectivity index (χ4v) is 7.16. The molecular formula is C41H42N8O5. The number of aromatic nitrogens is 3. The number of anilines is 2. The van der Waals surface area contributed by atoms with Gasteiger partial charge in [-0.25, -0.2) is 4.98 Å². The zero-order valence-corrected chi connectivity index (χ0v) is 30.0. The maximum Gasteiger partial charge on any atom is 0.262 e. The summed E-state index contributed by atoms with van der Waals surface area (Å²) in [7, 11) is 0. The number of amides is 5. The highest BCUT2D eigenvalue weighted by Crippen LogP contribution is 2.30. The number of piperidine rings is 1. The molecule has 5 N–H and O–H groups in total.